The van der Waals surface area contributed by atoms with E-state index in [1.165, 1.54) is 10.6 Å². The van der Waals surface area contributed by atoms with Gasteiger partial charge in [-0.1, -0.05) is 48.5 Å². The van der Waals surface area contributed by atoms with Crippen LogP contribution in [-0.4, -0.2) is 54.8 Å². The van der Waals surface area contributed by atoms with E-state index >= 15 is 0 Å². The molecular formula is C31H35N3O5S2. The van der Waals surface area contributed by atoms with Crippen LogP contribution in [0.4, 0.5) is 0 Å². The van der Waals surface area contributed by atoms with Gasteiger partial charge in [0.05, 0.1) is 22.6 Å². The van der Waals surface area contributed by atoms with Gasteiger partial charge in [0.1, 0.15) is 11.6 Å². The van der Waals surface area contributed by atoms with Crippen molar-refractivity contribution in [3.05, 3.63) is 108 Å². The van der Waals surface area contributed by atoms with Gasteiger partial charge in [-0.2, -0.15) is 4.31 Å². The van der Waals surface area contributed by atoms with Crippen LogP contribution in [0.1, 0.15) is 36.2 Å². The summed E-state index contributed by atoms with van der Waals surface area (Å²) in [6, 6.07) is 24.9. The van der Waals surface area contributed by atoms with Gasteiger partial charge >= 0.3 is 0 Å². The highest BCUT2D eigenvalue weighted by atomic mass is 32.2. The molecule has 0 aliphatic heterocycles. The highest BCUT2D eigenvalue weighted by Gasteiger charge is 2.19. The first-order valence-corrected chi connectivity index (χ1v) is 17.0. The molecule has 0 saturated carbocycles. The van der Waals surface area contributed by atoms with E-state index in [-0.39, 0.29) is 29.5 Å². The number of aromatic hydroxyl groups is 1. The number of aromatic nitrogens is 2. The molecule has 8 nitrogen and oxygen atoms in total. The monoisotopic (exact) mass is 593 g/mol. The quantitative estimate of drug-likeness (QED) is 0.204. The average molecular weight is 594 g/mol. The van der Waals surface area contributed by atoms with Crippen LogP contribution in [0.15, 0.2) is 96.0 Å². The molecule has 4 rings (SSSR count). The minimum atomic E-state index is -3.51. The van der Waals surface area contributed by atoms with Gasteiger partial charge in [-0.25, -0.2) is 26.8 Å². The normalized spacial score (nSPS) is 12.0. The van der Waals surface area contributed by atoms with E-state index in [1.54, 1.807) is 48.7 Å². The lowest BCUT2D eigenvalue weighted by Crippen LogP contribution is -2.30. The average Bonchev–Trinajstić information content (AvgIpc) is 2.96. The zero-order valence-corrected chi connectivity index (χ0v) is 24.7. The summed E-state index contributed by atoms with van der Waals surface area (Å²) in [5, 5.41) is 9.44. The molecule has 10 heteroatoms. The van der Waals surface area contributed by atoms with E-state index in [0.717, 1.165) is 41.1 Å². The van der Waals surface area contributed by atoms with Gasteiger partial charge in [0.25, 0.3) is 0 Å². The number of benzene rings is 3. The predicted octanol–water partition coefficient (Wildman–Crippen LogP) is 5.04. The molecule has 1 heterocycles. The molecule has 0 atom stereocenters. The summed E-state index contributed by atoms with van der Waals surface area (Å²) in [6.45, 7) is 0.411. The largest absolute Gasteiger partial charge is 0.508 e. The number of unbranched alkanes of at least 4 members (excludes halogenated alkanes) is 1. The Bertz CT molecular complexity index is 1640. The lowest BCUT2D eigenvalue weighted by Gasteiger charge is -2.20. The number of nitrogens with zero attached hydrogens (tertiary/aromatic N) is 3. The molecule has 0 amide bonds. The first-order valence-electron chi connectivity index (χ1n) is 13.5. The highest BCUT2D eigenvalue weighted by molar-refractivity contribution is 7.91. The minimum absolute atomic E-state index is 0.0327. The first-order chi connectivity index (χ1) is 19.6. The van der Waals surface area contributed by atoms with Crippen molar-refractivity contribution in [3.63, 3.8) is 0 Å². The zero-order valence-electron chi connectivity index (χ0n) is 23.1. The standard InChI is InChI=1S/C31H35N3O5S2/c1-40(36,37)34(21-5-6-22-41(38,39)29-12-3-2-4-13-29)24-26-10-7-11-27(23-26)30-19-20-32-31(33-30)14-8-9-25-15-17-28(35)18-16-25/h2-4,7,10-13,15-20,23,35H,5-6,8-9,14,21-22,24H2,1H3. The van der Waals surface area contributed by atoms with E-state index in [2.05, 4.69) is 4.98 Å². The Morgan fingerprint density at radius 1 is 0.780 bits per heavy atom. The summed E-state index contributed by atoms with van der Waals surface area (Å²) in [7, 11) is -6.91. The van der Waals surface area contributed by atoms with Gasteiger partial charge in [0, 0.05) is 31.3 Å². The molecule has 0 unspecified atom stereocenters. The fraction of sp³-hybridized carbons (Fsp3) is 0.290. The summed E-state index contributed by atoms with van der Waals surface area (Å²) in [5.41, 5.74) is 3.59. The van der Waals surface area contributed by atoms with Gasteiger partial charge in [0.2, 0.25) is 10.0 Å². The third-order valence-electron chi connectivity index (χ3n) is 6.73. The second-order valence-electron chi connectivity index (χ2n) is 10.0. The first kappa shape index (κ1) is 30.4. The predicted molar refractivity (Wildman–Crippen MR) is 161 cm³/mol. The molecule has 0 aliphatic carbocycles. The molecule has 4 aromatic rings. The molecule has 0 fully saturated rings. The Hall–Kier alpha value is -3.60. The van der Waals surface area contributed by atoms with Crippen LogP contribution in [0.25, 0.3) is 11.3 Å². The second kappa shape index (κ2) is 13.8. The van der Waals surface area contributed by atoms with Gasteiger partial charge in [0.15, 0.2) is 9.84 Å². The summed E-state index contributed by atoms with van der Waals surface area (Å²) in [4.78, 5) is 9.42. The molecule has 3 aromatic carbocycles. The Labute approximate surface area is 242 Å². The number of phenolic OH excluding ortho intramolecular Hbond substituents is 1. The summed E-state index contributed by atoms with van der Waals surface area (Å²) in [6.07, 6.45) is 6.12. The van der Waals surface area contributed by atoms with Gasteiger partial charge < -0.3 is 5.11 Å². The van der Waals surface area contributed by atoms with Crippen molar-refractivity contribution < 1.29 is 21.9 Å². The van der Waals surface area contributed by atoms with Crippen LogP contribution in [0.3, 0.4) is 0 Å². The smallest absolute Gasteiger partial charge is 0.211 e. The van der Waals surface area contributed by atoms with Crippen molar-refractivity contribution in [2.75, 3.05) is 18.6 Å². The minimum Gasteiger partial charge on any atom is -0.508 e. The number of sulfonamides is 1. The Morgan fingerprint density at radius 3 is 2.27 bits per heavy atom. The second-order valence-corrected chi connectivity index (χ2v) is 14.1. The number of sulfone groups is 1. The van der Waals surface area contributed by atoms with E-state index in [1.807, 2.05) is 42.5 Å². The molecule has 0 aliphatic rings. The number of rotatable bonds is 14. The van der Waals surface area contributed by atoms with Crippen molar-refractivity contribution >= 4 is 19.9 Å². The van der Waals surface area contributed by atoms with Crippen LogP contribution in [-0.2, 0) is 39.2 Å². The molecule has 216 valence electrons. The molecule has 0 spiro atoms. The van der Waals surface area contributed by atoms with Crippen molar-refractivity contribution in [1.82, 2.24) is 14.3 Å². The number of aryl methyl sites for hydroxylation is 2. The topological polar surface area (TPSA) is 118 Å². The third kappa shape index (κ3) is 9.21. The molecule has 1 N–H and O–H groups in total. The highest BCUT2D eigenvalue weighted by Crippen LogP contribution is 2.21. The Kier molecular flexibility index (Phi) is 10.3. The van der Waals surface area contributed by atoms with E-state index in [0.29, 0.717) is 19.3 Å². The van der Waals surface area contributed by atoms with Gasteiger partial charge in [-0.05, 0) is 73.2 Å². The maximum Gasteiger partial charge on any atom is 0.211 e. The van der Waals surface area contributed by atoms with Crippen LogP contribution >= 0.6 is 0 Å². The SMILES string of the molecule is CS(=O)(=O)N(CCCCS(=O)(=O)c1ccccc1)Cc1cccc(-c2ccnc(CCCc3ccc(O)cc3)n2)c1. The van der Waals surface area contributed by atoms with Gasteiger partial charge in [-0.15, -0.1) is 0 Å². The van der Waals surface area contributed by atoms with Crippen molar-refractivity contribution in [1.29, 1.82) is 0 Å². The number of hydrogen-bond acceptors (Lipinski definition) is 7. The van der Waals surface area contributed by atoms with E-state index < -0.39 is 19.9 Å². The van der Waals surface area contributed by atoms with Crippen LogP contribution in [0, 0.1) is 0 Å². The zero-order chi connectivity index (χ0) is 29.3. The molecule has 0 radical (unpaired) electrons. The molecule has 41 heavy (non-hydrogen) atoms. The van der Waals surface area contributed by atoms with Crippen LogP contribution in [0.5, 0.6) is 5.75 Å². The Morgan fingerprint density at radius 2 is 1.54 bits per heavy atom. The maximum atomic E-state index is 12.5. The van der Waals surface area contributed by atoms with Crippen LogP contribution in [0.2, 0.25) is 0 Å². The van der Waals surface area contributed by atoms with Gasteiger partial charge in [-0.3, -0.25) is 0 Å². The fourth-order valence-corrected chi connectivity index (χ4v) is 6.75. The summed E-state index contributed by atoms with van der Waals surface area (Å²) < 4.78 is 51.6. The van der Waals surface area contributed by atoms with Crippen molar-refractivity contribution in [2.45, 2.75) is 43.5 Å². The molecule has 0 saturated heterocycles. The van der Waals surface area contributed by atoms with Crippen LogP contribution < -0.4 is 0 Å². The van der Waals surface area contributed by atoms with E-state index in [4.69, 9.17) is 4.98 Å². The molecule has 0 bridgehead atoms. The summed E-state index contributed by atoms with van der Waals surface area (Å²) >= 11 is 0. The van der Waals surface area contributed by atoms with Crippen molar-refractivity contribution in [2.24, 2.45) is 0 Å². The number of phenols is 1. The number of hydrogen-bond donors (Lipinski definition) is 1. The van der Waals surface area contributed by atoms with E-state index in [9.17, 15) is 21.9 Å². The fourth-order valence-electron chi connectivity index (χ4n) is 4.51. The van der Waals surface area contributed by atoms with Crippen molar-refractivity contribution in [3.8, 4) is 17.0 Å². The lowest BCUT2D eigenvalue weighted by molar-refractivity contribution is 0.401. The third-order valence-corrected chi connectivity index (χ3v) is 9.80. The Balaban J connectivity index is 1.36. The molecule has 1 aromatic heterocycles. The molecular weight excluding hydrogens is 558 g/mol. The lowest BCUT2D eigenvalue weighted by atomic mass is 10.1. The summed E-state index contributed by atoms with van der Waals surface area (Å²) in [5.74, 6) is 0.950. The maximum absolute atomic E-state index is 12.5.